The zero-order valence-electron chi connectivity index (χ0n) is 15.8. The average molecular weight is 397 g/mol. The Kier molecular flexibility index (Phi) is 5.47. The fraction of sp³-hybridized carbons (Fsp3) is 0.526. The number of halogens is 1. The topological polar surface area (TPSA) is 56.4 Å². The number of aromatic nitrogens is 2. The Balaban J connectivity index is 1.81. The average Bonchev–Trinajstić information content (AvgIpc) is 3.08. The molecule has 1 saturated heterocycles. The molecule has 3 rings (SSSR count). The fourth-order valence-corrected chi connectivity index (χ4v) is 5.79. The molecular formula is C19H27ClN3O2S+. The number of nitrogens with one attached hydrogen (secondary N) is 1. The first-order valence-corrected chi connectivity index (χ1v) is 11.2. The summed E-state index contributed by atoms with van der Waals surface area (Å²) in [7, 11) is -0.765. The first-order chi connectivity index (χ1) is 12.2. The monoisotopic (exact) mass is 396 g/mol. The molecule has 5 nitrogen and oxygen atoms in total. The van der Waals surface area contributed by atoms with Gasteiger partial charge in [-0.2, -0.15) is 5.10 Å². The van der Waals surface area contributed by atoms with Crippen LogP contribution in [-0.2, 0) is 16.4 Å². The molecule has 1 unspecified atom stereocenters. The molecule has 0 bridgehead atoms. The molecule has 26 heavy (non-hydrogen) atoms. The maximum absolute atomic E-state index is 11.8. The van der Waals surface area contributed by atoms with E-state index in [2.05, 4.69) is 25.1 Å². The van der Waals surface area contributed by atoms with Crippen LogP contribution in [0.3, 0.4) is 0 Å². The molecule has 0 spiro atoms. The van der Waals surface area contributed by atoms with Crippen molar-refractivity contribution in [1.82, 2.24) is 9.78 Å². The van der Waals surface area contributed by atoms with E-state index < -0.39 is 9.84 Å². The molecule has 2 aromatic rings. The van der Waals surface area contributed by atoms with E-state index >= 15 is 0 Å². The van der Waals surface area contributed by atoms with Gasteiger partial charge >= 0.3 is 0 Å². The minimum Gasteiger partial charge on any atom is -0.328 e. The van der Waals surface area contributed by atoms with E-state index in [9.17, 15) is 8.42 Å². The second kappa shape index (κ2) is 7.33. The molecule has 142 valence electrons. The Morgan fingerprint density at radius 1 is 1.35 bits per heavy atom. The lowest BCUT2D eigenvalue weighted by atomic mass is 10.1. The van der Waals surface area contributed by atoms with Gasteiger partial charge in [-0.15, -0.1) is 0 Å². The third-order valence-corrected chi connectivity index (χ3v) is 7.69. The van der Waals surface area contributed by atoms with Crippen molar-refractivity contribution < 1.29 is 13.3 Å². The summed E-state index contributed by atoms with van der Waals surface area (Å²) in [6.07, 6.45) is 0.655. The minimum absolute atomic E-state index is 0.0336. The van der Waals surface area contributed by atoms with Gasteiger partial charge in [-0.3, -0.25) is 4.68 Å². The molecule has 1 aromatic carbocycles. The van der Waals surface area contributed by atoms with E-state index in [1.165, 1.54) is 10.5 Å². The number of sulfone groups is 1. The highest BCUT2D eigenvalue weighted by molar-refractivity contribution is 7.91. The maximum Gasteiger partial charge on any atom is 0.152 e. The molecule has 7 heteroatoms. The normalized spacial score (nSPS) is 21.7. The Morgan fingerprint density at radius 3 is 2.65 bits per heavy atom. The van der Waals surface area contributed by atoms with Crippen molar-refractivity contribution in [3.05, 3.63) is 51.8 Å². The van der Waals surface area contributed by atoms with Crippen LogP contribution in [-0.4, -0.2) is 36.8 Å². The summed E-state index contributed by atoms with van der Waals surface area (Å²) >= 11 is 6.36. The molecule has 1 aliphatic rings. The molecular weight excluding hydrogens is 370 g/mol. The Labute approximate surface area is 160 Å². The van der Waals surface area contributed by atoms with Gasteiger partial charge in [0.25, 0.3) is 0 Å². The zero-order chi connectivity index (χ0) is 19.1. The molecule has 0 amide bonds. The number of benzene rings is 1. The van der Waals surface area contributed by atoms with Crippen LogP contribution in [0.1, 0.15) is 47.9 Å². The number of aryl methyl sites for hydroxylation is 1. The third-order valence-electron chi connectivity index (χ3n) is 5.60. The van der Waals surface area contributed by atoms with Crippen molar-refractivity contribution in [2.45, 2.75) is 45.8 Å². The van der Waals surface area contributed by atoms with Crippen molar-refractivity contribution in [1.29, 1.82) is 0 Å². The summed E-state index contributed by atoms with van der Waals surface area (Å²) in [6, 6.07) is 8.17. The summed E-state index contributed by atoms with van der Waals surface area (Å²) in [5.74, 6) is 0.465. The largest absolute Gasteiger partial charge is 0.328 e. The molecule has 1 fully saturated rings. The molecule has 0 saturated carbocycles. The quantitative estimate of drug-likeness (QED) is 0.843. The van der Waals surface area contributed by atoms with Crippen LogP contribution in [0.4, 0.5) is 0 Å². The standard InChI is InChI=1S/C19H26ClN3O2S/c1-13-18(11-22(4)14(2)17-7-5-6-8-19(17)20)15(3)23(21-13)16-9-10-26(24,25)12-16/h5-8,14,16H,9-12H2,1-4H3/p+1/t14-,16+/m0/s1. The predicted octanol–water partition coefficient (Wildman–Crippen LogP) is 2.29. The minimum atomic E-state index is -2.92. The van der Waals surface area contributed by atoms with Crippen LogP contribution >= 0.6 is 11.6 Å². The van der Waals surface area contributed by atoms with E-state index in [1.807, 2.05) is 36.7 Å². The third kappa shape index (κ3) is 3.82. The van der Waals surface area contributed by atoms with Gasteiger partial charge in [0.1, 0.15) is 12.6 Å². The van der Waals surface area contributed by atoms with Crippen molar-refractivity contribution in [3.8, 4) is 0 Å². The predicted molar refractivity (Wildman–Crippen MR) is 104 cm³/mol. The lowest BCUT2D eigenvalue weighted by Crippen LogP contribution is -3.07. The first-order valence-electron chi connectivity index (χ1n) is 9.01. The van der Waals surface area contributed by atoms with Crippen LogP contribution in [0.25, 0.3) is 0 Å². The highest BCUT2D eigenvalue weighted by Crippen LogP contribution is 2.27. The van der Waals surface area contributed by atoms with Gasteiger partial charge in [-0.1, -0.05) is 29.8 Å². The van der Waals surface area contributed by atoms with Crippen molar-refractivity contribution in [2.24, 2.45) is 0 Å². The zero-order valence-corrected chi connectivity index (χ0v) is 17.4. The summed E-state index contributed by atoms with van der Waals surface area (Å²) in [4.78, 5) is 1.32. The highest BCUT2D eigenvalue weighted by Gasteiger charge is 2.32. The summed E-state index contributed by atoms with van der Waals surface area (Å²) in [5, 5.41) is 5.46. The van der Waals surface area contributed by atoms with Crippen LogP contribution < -0.4 is 4.90 Å². The highest BCUT2D eigenvalue weighted by atomic mass is 35.5. The smallest absolute Gasteiger partial charge is 0.152 e. The number of nitrogens with zero attached hydrogens (tertiary/aromatic N) is 2. The van der Waals surface area contributed by atoms with E-state index in [1.54, 1.807) is 0 Å². The number of hydrogen-bond acceptors (Lipinski definition) is 3. The SMILES string of the molecule is Cc1nn([C@@H]2CCS(=O)(=O)C2)c(C)c1C[NH+](C)[C@@H](C)c1ccccc1Cl. The second-order valence-corrected chi connectivity index (χ2v) is 10.1. The lowest BCUT2D eigenvalue weighted by Gasteiger charge is -2.23. The fourth-order valence-electron chi connectivity index (χ4n) is 3.80. The van der Waals surface area contributed by atoms with Gasteiger partial charge in [0, 0.05) is 16.3 Å². The Hall–Kier alpha value is -1.37. The summed E-state index contributed by atoms with van der Waals surface area (Å²) in [6.45, 7) is 7.06. The van der Waals surface area contributed by atoms with Gasteiger partial charge < -0.3 is 4.90 Å². The maximum atomic E-state index is 11.8. The van der Waals surface area contributed by atoms with Gasteiger partial charge in [-0.25, -0.2) is 8.42 Å². The van der Waals surface area contributed by atoms with Crippen LogP contribution in [0, 0.1) is 13.8 Å². The van der Waals surface area contributed by atoms with Crippen LogP contribution in [0.15, 0.2) is 24.3 Å². The van der Waals surface area contributed by atoms with E-state index in [0.717, 1.165) is 28.5 Å². The molecule has 0 aliphatic carbocycles. The summed E-state index contributed by atoms with van der Waals surface area (Å²) in [5.41, 5.74) is 4.40. The van der Waals surface area contributed by atoms with Crippen molar-refractivity contribution in [3.63, 3.8) is 0 Å². The summed E-state index contributed by atoms with van der Waals surface area (Å²) < 4.78 is 25.6. The molecule has 2 heterocycles. The molecule has 1 N–H and O–H groups in total. The van der Waals surface area contributed by atoms with Gasteiger partial charge in [0.2, 0.25) is 0 Å². The van der Waals surface area contributed by atoms with Gasteiger partial charge in [0.15, 0.2) is 9.84 Å². The molecule has 1 aromatic heterocycles. The molecule has 1 aliphatic heterocycles. The lowest BCUT2D eigenvalue weighted by molar-refractivity contribution is -0.924. The first kappa shape index (κ1) is 19.4. The number of hydrogen-bond donors (Lipinski definition) is 1. The van der Waals surface area contributed by atoms with Crippen LogP contribution in [0.2, 0.25) is 5.02 Å². The number of quaternary nitrogens is 1. The van der Waals surface area contributed by atoms with Crippen molar-refractivity contribution in [2.75, 3.05) is 18.6 Å². The molecule has 3 atom stereocenters. The van der Waals surface area contributed by atoms with E-state index in [0.29, 0.717) is 6.42 Å². The van der Waals surface area contributed by atoms with Gasteiger partial charge in [-0.05, 0) is 33.3 Å². The Bertz CT molecular complexity index is 908. The second-order valence-electron chi connectivity index (χ2n) is 7.42. The Morgan fingerprint density at radius 2 is 2.04 bits per heavy atom. The van der Waals surface area contributed by atoms with Crippen molar-refractivity contribution >= 4 is 21.4 Å². The van der Waals surface area contributed by atoms with E-state index in [4.69, 9.17) is 11.6 Å². The molecule has 0 radical (unpaired) electrons. The van der Waals surface area contributed by atoms with Crippen LogP contribution in [0.5, 0.6) is 0 Å². The van der Waals surface area contributed by atoms with E-state index in [-0.39, 0.29) is 23.6 Å². The van der Waals surface area contributed by atoms with Gasteiger partial charge in [0.05, 0.1) is 35.9 Å². The number of rotatable bonds is 5.